The van der Waals surface area contributed by atoms with E-state index in [4.69, 9.17) is 0 Å². The molecule has 0 saturated heterocycles. The number of pyridine rings is 1. The van der Waals surface area contributed by atoms with Crippen LogP contribution in [0.5, 0.6) is 0 Å². The van der Waals surface area contributed by atoms with Crippen LogP contribution in [-0.2, 0) is 0 Å². The van der Waals surface area contributed by atoms with E-state index in [9.17, 15) is 4.79 Å². The van der Waals surface area contributed by atoms with Gasteiger partial charge < -0.3 is 5.32 Å². The number of hydrogen-bond donors (Lipinski definition) is 1. The highest BCUT2D eigenvalue weighted by Gasteiger charge is 1.98. The number of aromatic nitrogens is 1. The van der Waals surface area contributed by atoms with Crippen LogP contribution in [-0.4, -0.2) is 17.3 Å². The molecule has 0 fully saturated rings. The van der Waals surface area contributed by atoms with Crippen molar-refractivity contribution in [2.75, 3.05) is 6.54 Å². The van der Waals surface area contributed by atoms with Crippen LogP contribution in [0.25, 0.3) is 0 Å². The van der Waals surface area contributed by atoms with Crippen molar-refractivity contribution in [2.45, 2.75) is 6.92 Å². The fourth-order valence-electron chi connectivity index (χ4n) is 0.857. The average molecular weight is 176 g/mol. The first-order chi connectivity index (χ1) is 6.34. The van der Waals surface area contributed by atoms with Gasteiger partial charge in [0.1, 0.15) is 0 Å². The zero-order valence-corrected chi connectivity index (χ0v) is 7.53. The standard InChI is InChI=1S/C10H12N2O/c1-2-11-7-5-10(13)9-4-3-6-12-8-9/h3-8,11H,2H2,1H3/b7-5+. The Balaban J connectivity index is 2.59. The number of rotatable bonds is 4. The SMILES string of the molecule is CCN/C=C/C(=O)c1cccnc1. The Hall–Kier alpha value is -1.64. The second-order valence-corrected chi connectivity index (χ2v) is 2.50. The lowest BCUT2D eigenvalue weighted by Crippen LogP contribution is -2.04. The summed E-state index contributed by atoms with van der Waals surface area (Å²) in [5.74, 6) is -0.0333. The second kappa shape index (κ2) is 5.09. The molecule has 3 nitrogen and oxygen atoms in total. The zero-order chi connectivity index (χ0) is 9.52. The van der Waals surface area contributed by atoms with Crippen molar-refractivity contribution in [1.29, 1.82) is 0 Å². The average Bonchev–Trinajstić information content (AvgIpc) is 2.19. The van der Waals surface area contributed by atoms with Gasteiger partial charge in [0, 0.05) is 36.8 Å². The molecule has 0 saturated carbocycles. The first kappa shape index (κ1) is 9.45. The van der Waals surface area contributed by atoms with Gasteiger partial charge in [0.25, 0.3) is 0 Å². The first-order valence-electron chi connectivity index (χ1n) is 4.19. The van der Waals surface area contributed by atoms with E-state index in [1.807, 2.05) is 6.92 Å². The zero-order valence-electron chi connectivity index (χ0n) is 7.53. The molecule has 0 amide bonds. The van der Waals surface area contributed by atoms with Crippen molar-refractivity contribution in [3.05, 3.63) is 42.4 Å². The van der Waals surface area contributed by atoms with E-state index >= 15 is 0 Å². The van der Waals surface area contributed by atoms with Crippen LogP contribution in [0.3, 0.4) is 0 Å². The normalized spacial score (nSPS) is 10.2. The molecule has 1 aromatic rings. The lowest BCUT2D eigenvalue weighted by molar-refractivity contribution is 0.104. The Morgan fingerprint density at radius 3 is 3.15 bits per heavy atom. The smallest absolute Gasteiger partial charge is 0.188 e. The van der Waals surface area contributed by atoms with Crippen LogP contribution in [0.1, 0.15) is 17.3 Å². The fraction of sp³-hybridized carbons (Fsp3) is 0.200. The molecule has 0 aliphatic rings. The van der Waals surface area contributed by atoms with E-state index in [0.29, 0.717) is 5.56 Å². The van der Waals surface area contributed by atoms with Gasteiger partial charge in [0.05, 0.1) is 0 Å². The van der Waals surface area contributed by atoms with Gasteiger partial charge in [-0.3, -0.25) is 9.78 Å². The minimum atomic E-state index is -0.0333. The molecule has 0 aromatic carbocycles. The Kier molecular flexibility index (Phi) is 3.70. The molecule has 3 heteroatoms. The quantitative estimate of drug-likeness (QED) is 0.556. The molecular weight excluding hydrogens is 164 g/mol. The van der Waals surface area contributed by atoms with Gasteiger partial charge in [-0.25, -0.2) is 0 Å². The van der Waals surface area contributed by atoms with Crippen LogP contribution in [0.15, 0.2) is 36.8 Å². The predicted molar refractivity (Wildman–Crippen MR) is 51.4 cm³/mol. The molecule has 0 radical (unpaired) electrons. The van der Waals surface area contributed by atoms with Crippen LogP contribution in [0, 0.1) is 0 Å². The lowest BCUT2D eigenvalue weighted by Gasteiger charge is -1.94. The summed E-state index contributed by atoms with van der Waals surface area (Å²) < 4.78 is 0. The number of ketones is 1. The molecule has 1 heterocycles. The maximum Gasteiger partial charge on any atom is 0.188 e. The Bertz CT molecular complexity index is 293. The third kappa shape index (κ3) is 3.07. The first-order valence-corrected chi connectivity index (χ1v) is 4.19. The summed E-state index contributed by atoms with van der Waals surface area (Å²) in [5, 5.41) is 2.93. The highest BCUT2D eigenvalue weighted by Crippen LogP contribution is 1.97. The molecule has 1 rings (SSSR count). The third-order valence-corrected chi connectivity index (χ3v) is 1.50. The molecule has 0 aliphatic carbocycles. The summed E-state index contributed by atoms with van der Waals surface area (Å²) in [6.45, 7) is 2.79. The van der Waals surface area contributed by atoms with Gasteiger partial charge in [-0.15, -0.1) is 0 Å². The van der Waals surface area contributed by atoms with E-state index in [0.717, 1.165) is 6.54 Å². The van der Waals surface area contributed by atoms with Crippen molar-refractivity contribution in [3.8, 4) is 0 Å². The van der Waals surface area contributed by atoms with E-state index in [1.165, 1.54) is 6.08 Å². The van der Waals surface area contributed by atoms with Crippen molar-refractivity contribution >= 4 is 5.78 Å². The number of carbonyl (C=O) groups is 1. The summed E-state index contributed by atoms with van der Waals surface area (Å²) in [6.07, 6.45) is 6.35. The van der Waals surface area contributed by atoms with E-state index < -0.39 is 0 Å². The number of nitrogens with zero attached hydrogens (tertiary/aromatic N) is 1. The molecule has 0 aliphatic heterocycles. The summed E-state index contributed by atoms with van der Waals surface area (Å²) in [4.78, 5) is 15.2. The van der Waals surface area contributed by atoms with Crippen molar-refractivity contribution in [2.24, 2.45) is 0 Å². The van der Waals surface area contributed by atoms with Gasteiger partial charge in [-0.1, -0.05) is 0 Å². The molecular formula is C10H12N2O. The topological polar surface area (TPSA) is 42.0 Å². The maximum absolute atomic E-state index is 11.4. The number of allylic oxidation sites excluding steroid dienone is 1. The summed E-state index contributed by atoms with van der Waals surface area (Å²) in [5.41, 5.74) is 0.608. The van der Waals surface area contributed by atoms with Crippen LogP contribution in [0.4, 0.5) is 0 Å². The number of hydrogen-bond acceptors (Lipinski definition) is 3. The van der Waals surface area contributed by atoms with Gasteiger partial charge in [0.15, 0.2) is 5.78 Å². The highest BCUT2D eigenvalue weighted by atomic mass is 16.1. The molecule has 13 heavy (non-hydrogen) atoms. The minimum Gasteiger partial charge on any atom is -0.391 e. The lowest BCUT2D eigenvalue weighted by atomic mass is 10.2. The summed E-state index contributed by atoms with van der Waals surface area (Å²) in [6, 6.07) is 3.49. The van der Waals surface area contributed by atoms with Crippen molar-refractivity contribution < 1.29 is 4.79 Å². The predicted octanol–water partition coefficient (Wildman–Crippen LogP) is 1.39. The van der Waals surface area contributed by atoms with Crippen molar-refractivity contribution in [3.63, 3.8) is 0 Å². The molecule has 1 N–H and O–H groups in total. The third-order valence-electron chi connectivity index (χ3n) is 1.50. The second-order valence-electron chi connectivity index (χ2n) is 2.50. The van der Waals surface area contributed by atoms with E-state index in [2.05, 4.69) is 10.3 Å². The van der Waals surface area contributed by atoms with E-state index in [1.54, 1.807) is 30.7 Å². The van der Waals surface area contributed by atoms with Gasteiger partial charge in [-0.2, -0.15) is 0 Å². The molecule has 0 bridgehead atoms. The fourth-order valence-corrected chi connectivity index (χ4v) is 0.857. The van der Waals surface area contributed by atoms with Gasteiger partial charge in [-0.05, 0) is 19.1 Å². The number of carbonyl (C=O) groups excluding carboxylic acids is 1. The van der Waals surface area contributed by atoms with Crippen LogP contribution < -0.4 is 5.32 Å². The molecule has 68 valence electrons. The van der Waals surface area contributed by atoms with Crippen LogP contribution >= 0.6 is 0 Å². The van der Waals surface area contributed by atoms with Crippen LogP contribution in [0.2, 0.25) is 0 Å². The summed E-state index contributed by atoms with van der Waals surface area (Å²) >= 11 is 0. The largest absolute Gasteiger partial charge is 0.391 e. The summed E-state index contributed by atoms with van der Waals surface area (Å²) in [7, 11) is 0. The maximum atomic E-state index is 11.4. The Morgan fingerprint density at radius 1 is 1.69 bits per heavy atom. The Morgan fingerprint density at radius 2 is 2.54 bits per heavy atom. The minimum absolute atomic E-state index is 0.0333. The van der Waals surface area contributed by atoms with Crippen molar-refractivity contribution in [1.82, 2.24) is 10.3 Å². The van der Waals surface area contributed by atoms with Gasteiger partial charge in [0.2, 0.25) is 0 Å². The number of nitrogens with one attached hydrogen (secondary N) is 1. The molecule has 0 unspecified atom stereocenters. The molecule has 0 spiro atoms. The van der Waals surface area contributed by atoms with Gasteiger partial charge >= 0.3 is 0 Å². The molecule has 0 atom stereocenters. The molecule has 1 aromatic heterocycles. The van der Waals surface area contributed by atoms with E-state index in [-0.39, 0.29) is 5.78 Å². The highest BCUT2D eigenvalue weighted by molar-refractivity contribution is 6.04. The Labute approximate surface area is 77.5 Å². The monoisotopic (exact) mass is 176 g/mol.